The lowest BCUT2D eigenvalue weighted by atomic mass is 10.2. The fourth-order valence-corrected chi connectivity index (χ4v) is 4.11. The summed E-state index contributed by atoms with van der Waals surface area (Å²) in [5, 5.41) is 11.4. The molecular formula is C16H14Cl2N2O6S. The van der Waals surface area contributed by atoms with E-state index in [9.17, 15) is 23.3 Å². The number of rotatable bonds is 6. The number of hydrogen-bond acceptors (Lipinski definition) is 6. The fourth-order valence-electron chi connectivity index (χ4n) is 2.23. The summed E-state index contributed by atoms with van der Waals surface area (Å²) >= 11 is 12.0. The molecular weight excluding hydrogens is 419 g/mol. The first kappa shape index (κ1) is 20.9. The minimum atomic E-state index is -4.39. The smallest absolute Gasteiger partial charge is 0.326 e. The Kier molecular flexibility index (Phi) is 6.30. The molecule has 2 aromatic rings. The monoisotopic (exact) mass is 432 g/mol. The molecule has 11 heteroatoms. The van der Waals surface area contributed by atoms with Gasteiger partial charge in [0.25, 0.3) is 15.7 Å². The van der Waals surface area contributed by atoms with Crippen LogP contribution in [0.15, 0.2) is 41.3 Å². The average Bonchev–Trinajstić information content (AvgIpc) is 2.61. The number of esters is 1. The highest BCUT2D eigenvalue weighted by molar-refractivity contribution is 7.92. The number of benzene rings is 2. The van der Waals surface area contributed by atoms with E-state index >= 15 is 0 Å². The van der Waals surface area contributed by atoms with Crippen LogP contribution in [0.25, 0.3) is 0 Å². The van der Waals surface area contributed by atoms with Gasteiger partial charge in [0.05, 0.1) is 27.6 Å². The standard InChI is InChI=1S/C16H14Cl2N2O6S/c1-10-3-5-12(8-14(10)20(22)23)27(24,25)19(9-16(21)26-2)15-7-11(17)4-6-13(15)18/h3-8H,9H2,1-2H3. The number of anilines is 1. The Morgan fingerprint density at radius 3 is 2.48 bits per heavy atom. The minimum Gasteiger partial charge on any atom is -0.468 e. The van der Waals surface area contributed by atoms with E-state index in [1.807, 2.05) is 0 Å². The SMILES string of the molecule is COC(=O)CN(c1cc(Cl)ccc1Cl)S(=O)(=O)c1ccc(C)c([N+](=O)[O-])c1. The molecule has 0 N–H and O–H groups in total. The lowest BCUT2D eigenvalue weighted by molar-refractivity contribution is -0.385. The van der Waals surface area contributed by atoms with E-state index in [-0.39, 0.29) is 26.3 Å². The van der Waals surface area contributed by atoms with E-state index in [0.717, 1.165) is 13.2 Å². The molecule has 27 heavy (non-hydrogen) atoms. The van der Waals surface area contributed by atoms with Crippen LogP contribution in [-0.2, 0) is 19.6 Å². The maximum atomic E-state index is 13.1. The molecule has 0 aromatic heterocycles. The number of aryl methyl sites for hydroxylation is 1. The third-order valence-corrected chi connectivity index (χ3v) is 5.95. The van der Waals surface area contributed by atoms with Crippen LogP contribution in [-0.4, -0.2) is 33.0 Å². The summed E-state index contributed by atoms with van der Waals surface area (Å²) in [6.45, 7) is 0.787. The molecule has 0 bridgehead atoms. The molecule has 0 aliphatic rings. The first-order valence-electron chi connectivity index (χ1n) is 7.37. The first-order chi connectivity index (χ1) is 12.6. The van der Waals surface area contributed by atoms with Gasteiger partial charge in [-0.1, -0.05) is 29.3 Å². The van der Waals surface area contributed by atoms with Crippen molar-refractivity contribution < 1.29 is 22.9 Å². The van der Waals surface area contributed by atoms with Crippen molar-refractivity contribution in [3.8, 4) is 0 Å². The summed E-state index contributed by atoms with van der Waals surface area (Å²) in [5.41, 5.74) is -0.136. The zero-order valence-electron chi connectivity index (χ0n) is 14.2. The van der Waals surface area contributed by atoms with Gasteiger partial charge in [-0.3, -0.25) is 19.2 Å². The molecule has 0 aliphatic heterocycles. The van der Waals surface area contributed by atoms with Gasteiger partial charge in [0.1, 0.15) is 6.54 Å². The lowest BCUT2D eigenvalue weighted by Crippen LogP contribution is -2.36. The van der Waals surface area contributed by atoms with Crippen LogP contribution < -0.4 is 4.31 Å². The molecule has 8 nitrogen and oxygen atoms in total. The number of nitro groups is 1. The molecule has 0 saturated heterocycles. The van der Waals surface area contributed by atoms with Crippen LogP contribution >= 0.6 is 23.2 Å². The van der Waals surface area contributed by atoms with Crippen LogP contribution in [0.4, 0.5) is 11.4 Å². The summed E-state index contributed by atoms with van der Waals surface area (Å²) in [5.74, 6) is -0.851. The second-order valence-electron chi connectivity index (χ2n) is 5.39. The molecule has 0 radical (unpaired) electrons. The Morgan fingerprint density at radius 1 is 1.22 bits per heavy atom. The predicted octanol–water partition coefficient (Wildman–Crippen LogP) is 3.58. The normalized spacial score (nSPS) is 11.1. The number of nitro benzene ring substituents is 1. The Balaban J connectivity index is 2.67. The van der Waals surface area contributed by atoms with E-state index < -0.39 is 27.5 Å². The van der Waals surface area contributed by atoms with Gasteiger partial charge in [0.2, 0.25) is 0 Å². The molecule has 0 atom stereocenters. The van der Waals surface area contributed by atoms with Gasteiger partial charge >= 0.3 is 5.97 Å². The Hall–Kier alpha value is -2.36. The third kappa shape index (κ3) is 4.49. The predicted molar refractivity (Wildman–Crippen MR) is 101 cm³/mol. The Labute approximate surface area is 165 Å². The number of methoxy groups -OCH3 is 1. The van der Waals surface area contributed by atoms with E-state index in [2.05, 4.69) is 4.74 Å². The molecule has 0 spiro atoms. The minimum absolute atomic E-state index is 0.0217. The lowest BCUT2D eigenvalue weighted by Gasteiger charge is -2.24. The number of sulfonamides is 1. The van der Waals surface area contributed by atoms with Gasteiger partial charge in [0, 0.05) is 16.7 Å². The van der Waals surface area contributed by atoms with Crippen molar-refractivity contribution in [3.63, 3.8) is 0 Å². The van der Waals surface area contributed by atoms with E-state index in [4.69, 9.17) is 23.2 Å². The maximum absolute atomic E-state index is 13.1. The second kappa shape index (κ2) is 8.12. The highest BCUT2D eigenvalue weighted by Crippen LogP contribution is 2.34. The van der Waals surface area contributed by atoms with Crippen LogP contribution in [0.1, 0.15) is 5.56 Å². The molecule has 0 fully saturated rings. The quantitative estimate of drug-likeness (QED) is 0.392. The zero-order chi connectivity index (χ0) is 20.4. The fraction of sp³-hybridized carbons (Fsp3) is 0.188. The van der Waals surface area contributed by atoms with Crippen molar-refractivity contribution >= 4 is 50.6 Å². The summed E-state index contributed by atoms with van der Waals surface area (Å²) in [7, 11) is -3.29. The number of nitrogens with zero attached hydrogens (tertiary/aromatic N) is 2. The average molecular weight is 433 g/mol. The van der Waals surface area contributed by atoms with E-state index in [1.165, 1.54) is 37.3 Å². The van der Waals surface area contributed by atoms with Gasteiger partial charge < -0.3 is 4.74 Å². The summed E-state index contributed by atoms with van der Waals surface area (Å²) in [6, 6.07) is 7.53. The Bertz CT molecular complexity index is 1010. The summed E-state index contributed by atoms with van der Waals surface area (Å²) in [6.07, 6.45) is 0. The topological polar surface area (TPSA) is 107 Å². The Morgan fingerprint density at radius 2 is 1.89 bits per heavy atom. The van der Waals surface area contributed by atoms with E-state index in [0.29, 0.717) is 9.87 Å². The maximum Gasteiger partial charge on any atom is 0.326 e. The first-order valence-corrected chi connectivity index (χ1v) is 9.57. The number of carbonyl (C=O) groups is 1. The number of hydrogen-bond donors (Lipinski definition) is 0. The van der Waals surface area contributed by atoms with Crippen molar-refractivity contribution in [1.82, 2.24) is 0 Å². The molecule has 2 rings (SSSR count). The number of ether oxygens (including phenoxy) is 1. The number of carbonyl (C=O) groups excluding carboxylic acids is 1. The highest BCUT2D eigenvalue weighted by atomic mass is 35.5. The zero-order valence-corrected chi connectivity index (χ0v) is 16.5. The second-order valence-corrected chi connectivity index (χ2v) is 8.09. The third-order valence-electron chi connectivity index (χ3n) is 3.64. The van der Waals surface area contributed by atoms with Crippen molar-refractivity contribution in [1.29, 1.82) is 0 Å². The highest BCUT2D eigenvalue weighted by Gasteiger charge is 2.31. The molecule has 0 unspecified atom stereocenters. The molecule has 0 heterocycles. The molecule has 0 aliphatic carbocycles. The van der Waals surface area contributed by atoms with Crippen molar-refractivity contribution in [3.05, 3.63) is 62.1 Å². The molecule has 144 valence electrons. The van der Waals surface area contributed by atoms with Crippen LogP contribution in [0, 0.1) is 17.0 Å². The van der Waals surface area contributed by atoms with Gasteiger partial charge in [-0.05, 0) is 31.2 Å². The molecule has 2 aromatic carbocycles. The van der Waals surface area contributed by atoms with Crippen molar-refractivity contribution in [2.24, 2.45) is 0 Å². The molecule has 0 saturated carbocycles. The largest absolute Gasteiger partial charge is 0.468 e. The van der Waals surface area contributed by atoms with Crippen LogP contribution in [0.5, 0.6) is 0 Å². The van der Waals surface area contributed by atoms with Gasteiger partial charge in [-0.15, -0.1) is 0 Å². The summed E-state index contributed by atoms with van der Waals surface area (Å²) in [4.78, 5) is 21.9. The van der Waals surface area contributed by atoms with Gasteiger partial charge in [-0.25, -0.2) is 8.42 Å². The van der Waals surface area contributed by atoms with Gasteiger partial charge in [-0.2, -0.15) is 0 Å². The van der Waals surface area contributed by atoms with E-state index in [1.54, 1.807) is 0 Å². The van der Waals surface area contributed by atoms with Crippen molar-refractivity contribution in [2.45, 2.75) is 11.8 Å². The van der Waals surface area contributed by atoms with Crippen molar-refractivity contribution in [2.75, 3.05) is 18.0 Å². The van der Waals surface area contributed by atoms with Gasteiger partial charge in [0.15, 0.2) is 0 Å². The molecule has 0 amide bonds. The van der Waals surface area contributed by atoms with Crippen LogP contribution in [0.3, 0.4) is 0 Å². The van der Waals surface area contributed by atoms with Crippen LogP contribution in [0.2, 0.25) is 10.0 Å². The number of halogens is 2. The summed E-state index contributed by atoms with van der Waals surface area (Å²) < 4.78 is 31.5.